The number of anilines is 2. The number of ether oxygens (including phenoxy) is 1. The van der Waals surface area contributed by atoms with Gasteiger partial charge < -0.3 is 15.4 Å². The van der Waals surface area contributed by atoms with Crippen molar-refractivity contribution in [2.75, 3.05) is 12.4 Å². The van der Waals surface area contributed by atoms with Gasteiger partial charge in [0.15, 0.2) is 11.6 Å². The Kier molecular flexibility index (Phi) is 7.49. The molecular weight excluding hydrogens is 453 g/mol. The van der Waals surface area contributed by atoms with Crippen molar-refractivity contribution in [1.82, 2.24) is 19.4 Å². The Morgan fingerprint density at radius 2 is 1.85 bits per heavy atom. The molecule has 0 fully saturated rings. The molecule has 33 heavy (non-hydrogen) atoms. The van der Waals surface area contributed by atoms with Gasteiger partial charge in [0, 0.05) is 23.8 Å². The Morgan fingerprint density at radius 1 is 1.15 bits per heavy atom. The number of amides is 1. The van der Waals surface area contributed by atoms with E-state index in [2.05, 4.69) is 15.6 Å². The highest BCUT2D eigenvalue weighted by Crippen LogP contribution is 2.24. The number of nitrogens with one attached hydrogen (secondary N) is 2. The lowest BCUT2D eigenvalue weighted by Gasteiger charge is -2.16. The lowest BCUT2D eigenvalue weighted by atomic mass is 10.2. The van der Waals surface area contributed by atoms with Gasteiger partial charge in [-0.15, -0.1) is 0 Å². The summed E-state index contributed by atoms with van der Waals surface area (Å²) >= 11 is 5.93. The summed E-state index contributed by atoms with van der Waals surface area (Å²) in [5.41, 5.74) is -0.720. The van der Waals surface area contributed by atoms with Gasteiger partial charge in [0.2, 0.25) is 11.9 Å². The average molecular weight is 476 g/mol. The van der Waals surface area contributed by atoms with Crippen LogP contribution in [0.1, 0.15) is 19.4 Å². The van der Waals surface area contributed by atoms with Gasteiger partial charge in [-0.3, -0.25) is 9.36 Å². The SMILES string of the molecule is CNC(=O)Cn1c(=O)nc(Nc2ccc(OC(C)C)c(F)c2)n(Cc2ccc(Cl)cc2)c1=O. The number of benzene rings is 2. The summed E-state index contributed by atoms with van der Waals surface area (Å²) < 4.78 is 21.7. The molecule has 0 spiro atoms. The number of hydrogen-bond donors (Lipinski definition) is 2. The number of likely N-dealkylation sites (N-methyl/N-ethyl adjacent to an activating group) is 1. The van der Waals surface area contributed by atoms with E-state index in [1.54, 1.807) is 38.1 Å². The summed E-state index contributed by atoms with van der Waals surface area (Å²) in [4.78, 5) is 41.3. The average Bonchev–Trinajstić information content (AvgIpc) is 2.76. The second-order valence-electron chi connectivity index (χ2n) is 7.41. The van der Waals surface area contributed by atoms with Crippen molar-refractivity contribution in [2.45, 2.75) is 33.0 Å². The summed E-state index contributed by atoms with van der Waals surface area (Å²) in [5, 5.41) is 5.70. The second-order valence-corrected chi connectivity index (χ2v) is 7.85. The smallest absolute Gasteiger partial charge is 0.355 e. The molecule has 11 heteroatoms. The van der Waals surface area contributed by atoms with Crippen LogP contribution >= 0.6 is 11.6 Å². The van der Waals surface area contributed by atoms with Gasteiger partial charge in [0.1, 0.15) is 6.54 Å². The van der Waals surface area contributed by atoms with Gasteiger partial charge in [-0.05, 0) is 43.7 Å². The van der Waals surface area contributed by atoms with Gasteiger partial charge in [-0.25, -0.2) is 18.5 Å². The third-order valence-corrected chi connectivity index (χ3v) is 4.79. The van der Waals surface area contributed by atoms with Crippen LogP contribution in [0.25, 0.3) is 0 Å². The van der Waals surface area contributed by atoms with Crippen LogP contribution in [0.5, 0.6) is 5.75 Å². The van der Waals surface area contributed by atoms with Crippen LogP contribution < -0.4 is 26.7 Å². The molecule has 0 saturated carbocycles. The van der Waals surface area contributed by atoms with Crippen LogP contribution in [0, 0.1) is 5.82 Å². The van der Waals surface area contributed by atoms with Gasteiger partial charge in [0.25, 0.3) is 0 Å². The zero-order valence-corrected chi connectivity index (χ0v) is 19.0. The number of carbonyl (C=O) groups excluding carboxylic acids is 1. The predicted molar refractivity (Wildman–Crippen MR) is 123 cm³/mol. The molecule has 1 heterocycles. The van der Waals surface area contributed by atoms with Crippen molar-refractivity contribution in [1.29, 1.82) is 0 Å². The lowest BCUT2D eigenvalue weighted by molar-refractivity contribution is -0.121. The minimum atomic E-state index is -0.918. The normalized spacial score (nSPS) is 10.8. The molecule has 0 bridgehead atoms. The maximum atomic E-state index is 14.4. The maximum absolute atomic E-state index is 14.4. The van der Waals surface area contributed by atoms with Crippen molar-refractivity contribution in [3.63, 3.8) is 0 Å². The van der Waals surface area contributed by atoms with Crippen molar-refractivity contribution >= 4 is 29.1 Å². The summed E-state index contributed by atoms with van der Waals surface area (Å²) in [6.07, 6.45) is -0.211. The molecule has 2 aromatic carbocycles. The molecule has 0 aliphatic rings. The monoisotopic (exact) mass is 475 g/mol. The molecule has 9 nitrogen and oxygen atoms in total. The molecule has 1 aromatic heterocycles. The zero-order valence-electron chi connectivity index (χ0n) is 18.3. The second kappa shape index (κ2) is 10.3. The molecule has 0 unspecified atom stereocenters. The molecular formula is C22H23ClFN5O4. The molecule has 0 atom stereocenters. The van der Waals surface area contributed by atoms with E-state index in [4.69, 9.17) is 16.3 Å². The molecule has 1 amide bonds. The standard InChI is InChI=1S/C22H23ClFN5O4/c1-13(2)33-18-9-8-16(10-17(18)24)26-20-27-21(31)29(12-19(30)25-3)22(32)28(20)11-14-4-6-15(23)7-5-14/h4-10,13H,11-12H2,1-3H3,(H,25,30)(H,26,27,31). The number of carbonyl (C=O) groups is 1. The first kappa shape index (κ1) is 24.0. The summed E-state index contributed by atoms with van der Waals surface area (Å²) in [7, 11) is 1.39. The summed E-state index contributed by atoms with van der Waals surface area (Å²) in [6, 6.07) is 10.9. The van der Waals surface area contributed by atoms with E-state index < -0.39 is 29.6 Å². The Balaban J connectivity index is 2.04. The Bertz CT molecular complexity index is 1270. The minimum Gasteiger partial charge on any atom is -0.488 e. The fourth-order valence-electron chi connectivity index (χ4n) is 2.95. The molecule has 0 aliphatic heterocycles. The molecule has 3 rings (SSSR count). The highest BCUT2D eigenvalue weighted by Gasteiger charge is 2.17. The van der Waals surface area contributed by atoms with Crippen molar-refractivity contribution in [3.8, 4) is 5.75 Å². The highest BCUT2D eigenvalue weighted by molar-refractivity contribution is 6.30. The van der Waals surface area contributed by atoms with Crippen LogP contribution in [0.15, 0.2) is 52.1 Å². The minimum absolute atomic E-state index is 0.0242. The van der Waals surface area contributed by atoms with E-state index in [1.807, 2.05) is 0 Å². The fraction of sp³-hybridized carbons (Fsp3) is 0.273. The first-order valence-corrected chi connectivity index (χ1v) is 10.5. The van der Waals surface area contributed by atoms with Crippen LogP contribution in [-0.2, 0) is 17.9 Å². The quantitative estimate of drug-likeness (QED) is 0.518. The van der Waals surface area contributed by atoms with Gasteiger partial charge in [-0.1, -0.05) is 23.7 Å². The van der Waals surface area contributed by atoms with Crippen molar-refractivity contribution in [3.05, 3.63) is 79.8 Å². The third-order valence-electron chi connectivity index (χ3n) is 4.54. The van der Waals surface area contributed by atoms with E-state index >= 15 is 0 Å². The predicted octanol–water partition coefficient (Wildman–Crippen LogP) is 2.52. The fourth-order valence-corrected chi connectivity index (χ4v) is 3.08. The molecule has 0 radical (unpaired) electrons. The maximum Gasteiger partial charge on any atom is 0.355 e. The molecule has 0 saturated heterocycles. The topological polar surface area (TPSA) is 107 Å². The summed E-state index contributed by atoms with van der Waals surface area (Å²) in [6.45, 7) is 3.09. The van der Waals surface area contributed by atoms with Crippen LogP contribution in [-0.4, -0.2) is 33.2 Å². The highest BCUT2D eigenvalue weighted by atomic mass is 35.5. The molecule has 174 valence electrons. The first-order chi connectivity index (χ1) is 15.7. The number of hydrogen-bond acceptors (Lipinski definition) is 6. The van der Waals surface area contributed by atoms with Crippen LogP contribution in [0.3, 0.4) is 0 Å². The van der Waals surface area contributed by atoms with Crippen molar-refractivity contribution in [2.24, 2.45) is 0 Å². The van der Waals surface area contributed by atoms with Gasteiger partial charge in [0.05, 0.1) is 12.6 Å². The van der Waals surface area contributed by atoms with Crippen LogP contribution in [0.4, 0.5) is 16.0 Å². The Labute approximate surface area is 193 Å². The van der Waals surface area contributed by atoms with E-state index in [0.29, 0.717) is 10.6 Å². The largest absolute Gasteiger partial charge is 0.488 e. The van der Waals surface area contributed by atoms with Gasteiger partial charge >= 0.3 is 11.4 Å². The van der Waals surface area contributed by atoms with E-state index in [1.165, 1.54) is 29.8 Å². The lowest BCUT2D eigenvalue weighted by Crippen LogP contribution is -2.45. The number of halogens is 2. The van der Waals surface area contributed by atoms with Crippen molar-refractivity contribution < 1.29 is 13.9 Å². The Hall–Kier alpha value is -3.66. The van der Waals surface area contributed by atoms with E-state index in [9.17, 15) is 18.8 Å². The van der Waals surface area contributed by atoms with E-state index in [0.717, 1.165) is 4.57 Å². The van der Waals surface area contributed by atoms with Gasteiger partial charge in [-0.2, -0.15) is 4.98 Å². The Morgan fingerprint density at radius 3 is 2.45 bits per heavy atom. The first-order valence-electron chi connectivity index (χ1n) is 10.1. The van der Waals surface area contributed by atoms with E-state index in [-0.39, 0.29) is 30.0 Å². The molecule has 3 aromatic rings. The number of nitrogens with zero attached hydrogens (tertiary/aromatic N) is 3. The molecule has 2 N–H and O–H groups in total. The summed E-state index contributed by atoms with van der Waals surface area (Å²) in [5.74, 6) is -1.18. The number of aromatic nitrogens is 3. The van der Waals surface area contributed by atoms with Crippen LogP contribution in [0.2, 0.25) is 5.02 Å². The zero-order chi connectivity index (χ0) is 24.1. The third kappa shape index (κ3) is 5.98. The number of rotatable bonds is 8. The molecule has 0 aliphatic carbocycles.